The fourth-order valence-corrected chi connectivity index (χ4v) is 2.53. The molecule has 3 rings (SSSR count). The summed E-state index contributed by atoms with van der Waals surface area (Å²) in [6, 6.07) is 11.9. The lowest BCUT2D eigenvalue weighted by Gasteiger charge is -2.05. The zero-order valence-electron chi connectivity index (χ0n) is 11.0. The third-order valence-corrected chi connectivity index (χ3v) is 3.77. The Morgan fingerprint density at radius 2 is 2.00 bits per heavy atom. The summed E-state index contributed by atoms with van der Waals surface area (Å²) < 4.78 is 2.84. The smallest absolute Gasteiger partial charge is 0.177 e. The van der Waals surface area contributed by atoms with Gasteiger partial charge in [-0.2, -0.15) is 9.61 Å². The van der Waals surface area contributed by atoms with Gasteiger partial charge >= 0.3 is 0 Å². The molecule has 20 heavy (non-hydrogen) atoms. The quantitative estimate of drug-likeness (QED) is 0.797. The topological polar surface area (TPSA) is 55.1 Å². The van der Waals surface area contributed by atoms with E-state index in [4.69, 9.17) is 0 Å². The predicted molar refractivity (Wildman–Crippen MR) is 81.5 cm³/mol. The Morgan fingerprint density at radius 3 is 2.80 bits per heavy atom. The molecule has 1 aromatic carbocycles. The van der Waals surface area contributed by atoms with Crippen molar-refractivity contribution in [1.82, 2.24) is 25.1 Å². The first-order valence-electron chi connectivity index (χ1n) is 6.40. The zero-order valence-corrected chi connectivity index (χ0v) is 12.6. The number of rotatable bonds is 4. The molecular weight excluding hydrogens is 318 g/mol. The average molecular weight is 332 g/mol. The Bertz CT molecular complexity index is 737. The van der Waals surface area contributed by atoms with Gasteiger partial charge in [0, 0.05) is 23.0 Å². The fraction of sp³-hybridized carbons (Fsp3) is 0.214. The van der Waals surface area contributed by atoms with Crippen LogP contribution in [0, 0.1) is 0 Å². The van der Waals surface area contributed by atoms with Crippen LogP contribution in [0.15, 0.2) is 40.9 Å². The van der Waals surface area contributed by atoms with E-state index in [9.17, 15) is 0 Å². The normalized spacial score (nSPS) is 11.1. The van der Waals surface area contributed by atoms with Crippen LogP contribution in [0.3, 0.4) is 0 Å². The summed E-state index contributed by atoms with van der Waals surface area (Å²) in [5.41, 5.74) is 2.73. The van der Waals surface area contributed by atoms with Gasteiger partial charge in [0.05, 0.1) is 5.69 Å². The minimum atomic E-state index is 0.770. The maximum atomic E-state index is 4.65. The number of fused-ring (bicyclic) bond motifs is 1. The van der Waals surface area contributed by atoms with Gasteiger partial charge in [0.2, 0.25) is 0 Å². The summed E-state index contributed by atoms with van der Waals surface area (Å²) in [7, 11) is 1.92. The summed E-state index contributed by atoms with van der Waals surface area (Å²) in [5, 5.41) is 16.1. The third kappa shape index (κ3) is 2.44. The average Bonchev–Trinajstić information content (AvgIpc) is 2.88. The van der Waals surface area contributed by atoms with Crippen LogP contribution in [0.4, 0.5) is 0 Å². The maximum absolute atomic E-state index is 4.65. The first-order chi connectivity index (χ1) is 9.79. The van der Waals surface area contributed by atoms with E-state index in [1.54, 1.807) is 0 Å². The molecule has 2 heterocycles. The van der Waals surface area contributed by atoms with Gasteiger partial charge < -0.3 is 5.32 Å². The molecule has 6 heteroatoms. The second kappa shape index (κ2) is 5.68. The third-order valence-electron chi connectivity index (χ3n) is 3.08. The number of hydrogen-bond donors (Lipinski definition) is 1. The summed E-state index contributed by atoms with van der Waals surface area (Å²) in [6.45, 7) is 0.849. The van der Waals surface area contributed by atoms with E-state index in [2.05, 4.69) is 36.5 Å². The minimum Gasteiger partial charge on any atom is -0.319 e. The minimum absolute atomic E-state index is 0.770. The van der Waals surface area contributed by atoms with Crippen LogP contribution in [0.1, 0.15) is 5.82 Å². The highest BCUT2D eigenvalue weighted by Crippen LogP contribution is 2.26. The number of benzene rings is 1. The van der Waals surface area contributed by atoms with Gasteiger partial charge in [0.1, 0.15) is 0 Å². The van der Waals surface area contributed by atoms with E-state index in [1.807, 2.05) is 48.0 Å². The molecule has 0 saturated heterocycles. The second-order valence-corrected chi connectivity index (χ2v) is 5.29. The highest BCUT2D eigenvalue weighted by atomic mass is 79.9. The number of halogens is 1. The van der Waals surface area contributed by atoms with Crippen molar-refractivity contribution in [2.45, 2.75) is 6.42 Å². The van der Waals surface area contributed by atoms with E-state index < -0.39 is 0 Å². The van der Waals surface area contributed by atoms with Gasteiger partial charge in [0.15, 0.2) is 11.5 Å². The molecule has 0 unspecified atom stereocenters. The van der Waals surface area contributed by atoms with Crippen LogP contribution in [-0.4, -0.2) is 33.4 Å². The highest BCUT2D eigenvalue weighted by molar-refractivity contribution is 9.10. The first-order valence-corrected chi connectivity index (χ1v) is 7.20. The Kier molecular flexibility index (Phi) is 3.75. The molecule has 0 aliphatic rings. The van der Waals surface area contributed by atoms with Crippen LogP contribution in [0.5, 0.6) is 0 Å². The van der Waals surface area contributed by atoms with Crippen molar-refractivity contribution in [2.24, 2.45) is 0 Å². The number of aromatic nitrogens is 4. The SMILES string of the molecule is CNCCc1nnc2ccc(-c3ccccc3Br)nn12. The maximum Gasteiger partial charge on any atom is 0.177 e. The van der Waals surface area contributed by atoms with E-state index >= 15 is 0 Å². The Hall–Kier alpha value is -1.79. The van der Waals surface area contributed by atoms with Crippen molar-refractivity contribution < 1.29 is 0 Å². The molecule has 2 aromatic heterocycles. The summed E-state index contributed by atoms with van der Waals surface area (Å²) in [4.78, 5) is 0. The molecule has 102 valence electrons. The molecule has 0 amide bonds. The van der Waals surface area contributed by atoms with Crippen LogP contribution in [0.25, 0.3) is 16.9 Å². The Morgan fingerprint density at radius 1 is 1.15 bits per heavy atom. The lowest BCUT2D eigenvalue weighted by molar-refractivity contribution is 0.726. The highest BCUT2D eigenvalue weighted by Gasteiger charge is 2.09. The molecule has 0 fully saturated rings. The van der Waals surface area contributed by atoms with Gasteiger partial charge in [-0.15, -0.1) is 10.2 Å². The summed E-state index contributed by atoms with van der Waals surface area (Å²) >= 11 is 3.56. The lowest BCUT2D eigenvalue weighted by Crippen LogP contribution is -2.13. The Balaban J connectivity index is 2.07. The standard InChI is InChI=1S/C14H14BrN5/c1-16-9-8-14-18-17-13-7-6-12(19-20(13)14)10-4-2-3-5-11(10)15/h2-7,16H,8-9H2,1H3. The molecule has 0 atom stereocenters. The molecule has 0 aliphatic carbocycles. The number of likely N-dealkylation sites (N-methyl/N-ethyl adjacent to an activating group) is 1. The zero-order chi connectivity index (χ0) is 13.9. The molecule has 0 spiro atoms. The summed E-state index contributed by atoms with van der Waals surface area (Å²) in [5.74, 6) is 0.864. The lowest BCUT2D eigenvalue weighted by atomic mass is 10.1. The second-order valence-electron chi connectivity index (χ2n) is 4.44. The van der Waals surface area contributed by atoms with Gasteiger partial charge in [-0.1, -0.05) is 34.1 Å². The van der Waals surface area contributed by atoms with Crippen LogP contribution in [0.2, 0.25) is 0 Å². The van der Waals surface area contributed by atoms with Crippen molar-refractivity contribution in [3.63, 3.8) is 0 Å². The number of nitrogens with one attached hydrogen (secondary N) is 1. The van der Waals surface area contributed by atoms with E-state index in [0.29, 0.717) is 0 Å². The van der Waals surface area contributed by atoms with E-state index in [0.717, 1.165) is 40.2 Å². The largest absolute Gasteiger partial charge is 0.319 e. The van der Waals surface area contributed by atoms with E-state index in [-0.39, 0.29) is 0 Å². The van der Waals surface area contributed by atoms with Crippen LogP contribution < -0.4 is 5.32 Å². The van der Waals surface area contributed by atoms with Crippen molar-refractivity contribution in [1.29, 1.82) is 0 Å². The van der Waals surface area contributed by atoms with E-state index in [1.165, 1.54) is 0 Å². The molecule has 3 aromatic rings. The predicted octanol–water partition coefficient (Wildman–Crippen LogP) is 2.32. The van der Waals surface area contributed by atoms with Gasteiger partial charge in [0.25, 0.3) is 0 Å². The van der Waals surface area contributed by atoms with Crippen molar-refractivity contribution in [3.8, 4) is 11.3 Å². The number of hydrogen-bond acceptors (Lipinski definition) is 4. The molecule has 0 bridgehead atoms. The van der Waals surface area contributed by atoms with Crippen molar-refractivity contribution in [2.75, 3.05) is 13.6 Å². The van der Waals surface area contributed by atoms with Crippen LogP contribution in [-0.2, 0) is 6.42 Å². The van der Waals surface area contributed by atoms with Crippen LogP contribution >= 0.6 is 15.9 Å². The number of nitrogens with zero attached hydrogens (tertiary/aromatic N) is 4. The van der Waals surface area contributed by atoms with Gasteiger partial charge in [-0.3, -0.25) is 0 Å². The van der Waals surface area contributed by atoms with Crippen molar-refractivity contribution in [3.05, 3.63) is 46.7 Å². The first kappa shape index (κ1) is 13.2. The monoisotopic (exact) mass is 331 g/mol. The van der Waals surface area contributed by atoms with Gasteiger partial charge in [-0.05, 0) is 25.2 Å². The van der Waals surface area contributed by atoms with Gasteiger partial charge in [-0.25, -0.2) is 0 Å². The molecule has 0 aliphatic heterocycles. The molecule has 0 saturated carbocycles. The summed E-state index contributed by atoms with van der Waals surface area (Å²) in [6.07, 6.45) is 0.796. The molecule has 1 N–H and O–H groups in total. The fourth-order valence-electron chi connectivity index (χ4n) is 2.04. The molecule has 0 radical (unpaired) electrons. The Labute approximate surface area is 125 Å². The molecule has 5 nitrogen and oxygen atoms in total. The molecular formula is C14H14BrN5. The van der Waals surface area contributed by atoms with Crippen molar-refractivity contribution >= 4 is 21.6 Å².